The molecular weight excluding hydrogens is 576 g/mol. The minimum Gasteiger partial charge on any atom is -0.393 e. The van der Waals surface area contributed by atoms with E-state index in [4.69, 9.17) is 9.97 Å². The normalized spacial score (nSPS) is 20.8. The summed E-state index contributed by atoms with van der Waals surface area (Å²) in [5.74, 6) is 1.68. The molecule has 2 N–H and O–H groups in total. The van der Waals surface area contributed by atoms with Crippen molar-refractivity contribution in [2.75, 3.05) is 18.0 Å². The Labute approximate surface area is 270 Å². The Hall–Kier alpha value is -4.62. The van der Waals surface area contributed by atoms with E-state index in [1.54, 1.807) is 10.9 Å². The molecule has 10 heteroatoms. The van der Waals surface area contributed by atoms with E-state index < -0.39 is 0 Å². The van der Waals surface area contributed by atoms with Crippen LogP contribution in [0.1, 0.15) is 73.5 Å². The molecule has 4 heterocycles. The van der Waals surface area contributed by atoms with Gasteiger partial charge in [0.2, 0.25) is 5.91 Å². The van der Waals surface area contributed by atoms with Gasteiger partial charge in [-0.15, -0.1) is 0 Å². The summed E-state index contributed by atoms with van der Waals surface area (Å²) in [7, 11) is 1.89. The molecular formula is C36H42N8O2. The molecule has 2 atom stereocenters. The lowest BCUT2D eigenvalue weighted by Crippen LogP contribution is -2.35. The molecule has 4 aromatic rings. The molecule has 0 radical (unpaired) electrons. The quantitative estimate of drug-likeness (QED) is 0.270. The van der Waals surface area contributed by atoms with Gasteiger partial charge in [0.25, 0.3) is 0 Å². The predicted octanol–water partition coefficient (Wildman–Crippen LogP) is 4.94. The molecule has 2 fully saturated rings. The summed E-state index contributed by atoms with van der Waals surface area (Å²) in [5.41, 5.74) is 4.31. The van der Waals surface area contributed by atoms with Crippen molar-refractivity contribution < 1.29 is 9.90 Å². The fraction of sp³-hybridized carbons (Fsp3) is 0.444. The average Bonchev–Trinajstić information content (AvgIpc) is 3.41. The Kier molecular flexibility index (Phi) is 9.99. The molecule has 2 unspecified atom stereocenters. The number of aliphatic hydroxyl groups excluding tert-OH is 1. The van der Waals surface area contributed by atoms with Gasteiger partial charge in [0, 0.05) is 56.6 Å². The van der Waals surface area contributed by atoms with Gasteiger partial charge in [0.1, 0.15) is 23.3 Å². The van der Waals surface area contributed by atoms with Crippen molar-refractivity contribution in [3.63, 3.8) is 0 Å². The number of hydrogen-bond acceptors (Lipinski definition) is 8. The Balaban J connectivity index is 1.14. The van der Waals surface area contributed by atoms with Crippen molar-refractivity contribution in [1.82, 2.24) is 30.0 Å². The van der Waals surface area contributed by atoms with Gasteiger partial charge in [-0.1, -0.05) is 36.4 Å². The number of nitrogens with one attached hydrogen (secondary N) is 1. The number of aromatic nitrogens is 5. The summed E-state index contributed by atoms with van der Waals surface area (Å²) in [5, 5.41) is 27.3. The van der Waals surface area contributed by atoms with Crippen molar-refractivity contribution in [1.29, 1.82) is 5.26 Å². The van der Waals surface area contributed by atoms with E-state index >= 15 is 0 Å². The summed E-state index contributed by atoms with van der Waals surface area (Å²) in [6, 6.07) is 16.3. The number of pyridine rings is 1. The molecule has 1 amide bonds. The van der Waals surface area contributed by atoms with E-state index in [2.05, 4.69) is 26.4 Å². The molecule has 6 rings (SSSR count). The molecule has 2 aliphatic rings. The lowest BCUT2D eigenvalue weighted by molar-refractivity contribution is -0.124. The SMILES string of the molecule is Cn1cc(-c2ccc(C(C(=O)NCc3ccccc3)[C@H]3CC[C@H](Cc4ncc(C#N)c(N5CCCC(O)CC5)n4)CC3)nc2)cn1. The molecule has 1 aromatic carbocycles. The Morgan fingerprint density at radius 2 is 1.83 bits per heavy atom. The molecule has 1 aliphatic carbocycles. The highest BCUT2D eigenvalue weighted by Crippen LogP contribution is 2.39. The smallest absolute Gasteiger partial charge is 0.229 e. The number of rotatable bonds is 9. The molecule has 3 aromatic heterocycles. The number of aryl methyl sites for hydroxylation is 1. The molecule has 238 valence electrons. The predicted molar refractivity (Wildman–Crippen MR) is 175 cm³/mol. The zero-order valence-electron chi connectivity index (χ0n) is 26.4. The van der Waals surface area contributed by atoms with Crippen LogP contribution in [0.2, 0.25) is 0 Å². The fourth-order valence-corrected chi connectivity index (χ4v) is 6.92. The highest BCUT2D eigenvalue weighted by Gasteiger charge is 2.34. The van der Waals surface area contributed by atoms with Crippen LogP contribution in [0.4, 0.5) is 5.82 Å². The van der Waals surface area contributed by atoms with Crippen molar-refractivity contribution >= 4 is 11.7 Å². The van der Waals surface area contributed by atoms with Crippen LogP contribution in [0.25, 0.3) is 11.1 Å². The number of amides is 1. The van der Waals surface area contributed by atoms with Crippen LogP contribution in [0.3, 0.4) is 0 Å². The third-order valence-electron chi connectivity index (χ3n) is 9.51. The Morgan fingerprint density at radius 3 is 2.54 bits per heavy atom. The monoisotopic (exact) mass is 618 g/mol. The standard InChI is InChI=1S/C36H42N8O2/c1-43-24-30(23-41-43)28-13-14-32(38-21-28)34(36(46)40-20-26-6-3-2-4-7-26)27-11-9-25(10-12-27)18-33-39-22-29(19-37)35(42-33)44-16-5-8-31(45)15-17-44/h2-4,6-7,13-14,21-25,27,31,34,45H,5,8-12,15-18,20H2,1H3,(H,40,46)/t25-,27-,31?,34?. The molecule has 1 saturated heterocycles. The van der Waals surface area contributed by atoms with Gasteiger partial charge in [-0.25, -0.2) is 9.97 Å². The van der Waals surface area contributed by atoms with Crippen molar-refractivity contribution in [2.24, 2.45) is 18.9 Å². The van der Waals surface area contributed by atoms with Gasteiger partial charge >= 0.3 is 0 Å². The third-order valence-corrected chi connectivity index (χ3v) is 9.51. The van der Waals surface area contributed by atoms with E-state index in [1.807, 2.05) is 68.1 Å². The zero-order valence-corrected chi connectivity index (χ0v) is 26.4. The number of nitriles is 1. The topological polar surface area (TPSA) is 133 Å². The minimum absolute atomic E-state index is 0.0107. The van der Waals surface area contributed by atoms with Crippen LogP contribution in [0.15, 0.2) is 67.3 Å². The molecule has 46 heavy (non-hydrogen) atoms. The van der Waals surface area contributed by atoms with Gasteiger partial charge < -0.3 is 15.3 Å². The number of anilines is 1. The highest BCUT2D eigenvalue weighted by molar-refractivity contribution is 5.83. The van der Waals surface area contributed by atoms with Crippen LogP contribution in [0.5, 0.6) is 0 Å². The Bertz CT molecular complexity index is 1640. The van der Waals surface area contributed by atoms with Crippen LogP contribution >= 0.6 is 0 Å². The van der Waals surface area contributed by atoms with Gasteiger partial charge in [-0.05, 0) is 68.4 Å². The first-order chi connectivity index (χ1) is 22.5. The third kappa shape index (κ3) is 7.60. The number of benzene rings is 1. The van der Waals surface area contributed by atoms with E-state index in [-0.39, 0.29) is 23.8 Å². The molecule has 1 saturated carbocycles. The van der Waals surface area contributed by atoms with Crippen molar-refractivity contribution in [2.45, 2.75) is 69.9 Å². The van der Waals surface area contributed by atoms with Crippen LogP contribution in [-0.2, 0) is 24.8 Å². The second kappa shape index (κ2) is 14.6. The van der Waals surface area contributed by atoms with Gasteiger partial charge in [-0.3, -0.25) is 14.5 Å². The van der Waals surface area contributed by atoms with Crippen LogP contribution < -0.4 is 10.2 Å². The maximum Gasteiger partial charge on any atom is 0.229 e. The summed E-state index contributed by atoms with van der Waals surface area (Å²) >= 11 is 0. The average molecular weight is 619 g/mol. The largest absolute Gasteiger partial charge is 0.393 e. The molecule has 0 bridgehead atoms. The van der Waals surface area contributed by atoms with E-state index in [1.165, 1.54) is 0 Å². The molecule has 10 nitrogen and oxygen atoms in total. The fourth-order valence-electron chi connectivity index (χ4n) is 6.92. The molecule has 0 spiro atoms. The van der Waals surface area contributed by atoms with Gasteiger partial charge in [0.05, 0.1) is 30.1 Å². The van der Waals surface area contributed by atoms with Gasteiger partial charge in [0.15, 0.2) is 0 Å². The maximum atomic E-state index is 13.8. The summed E-state index contributed by atoms with van der Waals surface area (Å²) in [6.45, 7) is 1.94. The lowest BCUT2D eigenvalue weighted by Gasteiger charge is -2.33. The lowest BCUT2D eigenvalue weighted by atomic mass is 9.73. The van der Waals surface area contributed by atoms with E-state index in [0.29, 0.717) is 36.8 Å². The number of carbonyl (C=O) groups excluding carboxylic acids is 1. The number of aliphatic hydroxyl groups is 1. The first kappa shape index (κ1) is 31.4. The summed E-state index contributed by atoms with van der Waals surface area (Å²) < 4.78 is 1.77. The first-order valence-electron chi connectivity index (χ1n) is 16.4. The Morgan fingerprint density at radius 1 is 1.00 bits per heavy atom. The van der Waals surface area contributed by atoms with E-state index in [9.17, 15) is 15.2 Å². The highest BCUT2D eigenvalue weighted by atomic mass is 16.3. The van der Waals surface area contributed by atoms with Crippen molar-refractivity contribution in [3.8, 4) is 17.2 Å². The molecule has 1 aliphatic heterocycles. The zero-order chi connectivity index (χ0) is 31.9. The minimum atomic E-state index is -0.344. The second-order valence-electron chi connectivity index (χ2n) is 12.7. The van der Waals surface area contributed by atoms with Gasteiger partial charge in [-0.2, -0.15) is 10.4 Å². The maximum absolute atomic E-state index is 13.8. The number of carbonyl (C=O) groups is 1. The first-order valence-corrected chi connectivity index (χ1v) is 16.4. The number of nitrogens with zero attached hydrogens (tertiary/aromatic N) is 7. The second-order valence-corrected chi connectivity index (χ2v) is 12.7. The van der Waals surface area contributed by atoms with Crippen molar-refractivity contribution in [3.05, 3.63) is 89.9 Å². The summed E-state index contributed by atoms with van der Waals surface area (Å²) in [6.07, 6.45) is 13.8. The van der Waals surface area contributed by atoms with Crippen LogP contribution in [0, 0.1) is 23.2 Å². The van der Waals surface area contributed by atoms with E-state index in [0.717, 1.165) is 79.7 Å². The summed E-state index contributed by atoms with van der Waals surface area (Å²) in [4.78, 5) is 30.2. The number of hydrogen-bond donors (Lipinski definition) is 2. The van der Waals surface area contributed by atoms with Crippen LogP contribution in [-0.4, -0.2) is 54.9 Å².